The van der Waals surface area contributed by atoms with Gasteiger partial charge in [0.2, 0.25) is 0 Å². The molecule has 0 amide bonds. The van der Waals surface area contributed by atoms with Crippen LogP contribution in [0.4, 0.5) is 0 Å². The average Bonchev–Trinajstić information content (AvgIpc) is 2.76. The fourth-order valence-electron chi connectivity index (χ4n) is 4.64. The van der Waals surface area contributed by atoms with Crippen LogP contribution in [0.25, 0.3) is 0 Å². The highest BCUT2D eigenvalue weighted by Crippen LogP contribution is 2.44. The molecule has 3 fully saturated rings. The number of piperidine rings is 1. The topological polar surface area (TPSA) is 29.5 Å². The lowest BCUT2D eigenvalue weighted by Gasteiger charge is -2.37. The van der Waals surface area contributed by atoms with Crippen LogP contribution in [0.3, 0.4) is 0 Å². The van der Waals surface area contributed by atoms with Gasteiger partial charge in [-0.1, -0.05) is 25.0 Å². The highest BCUT2D eigenvalue weighted by Gasteiger charge is 2.47. The van der Waals surface area contributed by atoms with Crippen molar-refractivity contribution in [2.45, 2.75) is 70.6 Å². The van der Waals surface area contributed by atoms with Crippen molar-refractivity contribution in [3.63, 3.8) is 0 Å². The molecule has 0 aromatic rings. The number of likely N-dealkylation sites (N-methyl/N-ethyl adjacent to an activating group) is 1. The molecule has 1 saturated carbocycles. The normalized spacial score (nSPS) is 44.8. The van der Waals surface area contributed by atoms with Gasteiger partial charge < -0.3 is 4.74 Å². The van der Waals surface area contributed by atoms with Crippen molar-refractivity contribution in [2.75, 3.05) is 7.05 Å². The van der Waals surface area contributed by atoms with Gasteiger partial charge in [-0.3, -0.25) is 9.69 Å². The van der Waals surface area contributed by atoms with Crippen molar-refractivity contribution in [3.8, 4) is 0 Å². The van der Waals surface area contributed by atoms with Gasteiger partial charge in [0.25, 0.3) is 0 Å². The van der Waals surface area contributed by atoms with Crippen LogP contribution < -0.4 is 0 Å². The minimum Gasteiger partial charge on any atom is -0.462 e. The summed E-state index contributed by atoms with van der Waals surface area (Å²) in [5.41, 5.74) is 0. The summed E-state index contributed by atoms with van der Waals surface area (Å²) in [7, 11) is 2.24. The molecule has 0 aromatic carbocycles. The first-order chi connectivity index (χ1) is 10.1. The molecule has 2 saturated heterocycles. The van der Waals surface area contributed by atoms with E-state index in [0.717, 1.165) is 12.8 Å². The molecule has 3 aliphatic rings. The van der Waals surface area contributed by atoms with Crippen LogP contribution in [-0.2, 0) is 9.53 Å². The van der Waals surface area contributed by atoms with E-state index in [4.69, 9.17) is 4.74 Å². The van der Waals surface area contributed by atoms with Gasteiger partial charge in [0, 0.05) is 18.0 Å². The van der Waals surface area contributed by atoms with Crippen LogP contribution in [0.1, 0.15) is 52.4 Å². The Morgan fingerprint density at radius 1 is 1.10 bits per heavy atom. The number of ether oxygens (including phenoxy) is 1. The Hall–Kier alpha value is -0.830. The fraction of sp³-hybridized carbons (Fsp3) is 0.833. The molecule has 3 heteroatoms. The van der Waals surface area contributed by atoms with Crippen LogP contribution in [0.15, 0.2) is 12.2 Å². The molecule has 0 spiro atoms. The second-order valence-corrected chi connectivity index (χ2v) is 7.32. The number of carbonyl (C=O) groups excluding carboxylic acids is 1. The minimum atomic E-state index is 0.0500. The first kappa shape index (κ1) is 15.1. The highest BCUT2D eigenvalue weighted by molar-refractivity contribution is 5.75. The Labute approximate surface area is 128 Å². The second kappa shape index (κ2) is 6.12. The minimum absolute atomic E-state index is 0.0500. The molecular weight excluding hydrogens is 262 g/mol. The number of nitrogens with zero attached hydrogens (tertiary/aromatic N) is 1. The SMILES string of the molecule is CC1OC(=O)C2CCCC(/C=C/C3CCCC(C)N3C)C12. The number of hydrogen-bond acceptors (Lipinski definition) is 3. The van der Waals surface area contributed by atoms with E-state index in [-0.39, 0.29) is 18.0 Å². The smallest absolute Gasteiger partial charge is 0.309 e. The third kappa shape index (κ3) is 2.90. The number of esters is 1. The largest absolute Gasteiger partial charge is 0.462 e. The van der Waals surface area contributed by atoms with Crippen molar-refractivity contribution in [1.82, 2.24) is 4.90 Å². The quantitative estimate of drug-likeness (QED) is 0.577. The predicted molar refractivity (Wildman–Crippen MR) is 83.9 cm³/mol. The van der Waals surface area contributed by atoms with Crippen molar-refractivity contribution in [3.05, 3.63) is 12.2 Å². The predicted octanol–water partition coefficient (Wildman–Crippen LogP) is 3.39. The molecule has 118 valence electrons. The van der Waals surface area contributed by atoms with Crippen LogP contribution >= 0.6 is 0 Å². The summed E-state index contributed by atoms with van der Waals surface area (Å²) < 4.78 is 5.49. The van der Waals surface area contributed by atoms with Crippen molar-refractivity contribution >= 4 is 5.97 Å². The third-order valence-electron chi connectivity index (χ3n) is 6.08. The molecular formula is C18H29NO2. The van der Waals surface area contributed by atoms with Gasteiger partial charge in [-0.05, 0) is 52.5 Å². The van der Waals surface area contributed by atoms with E-state index in [1.165, 1.54) is 25.7 Å². The molecule has 0 bridgehead atoms. The Balaban J connectivity index is 1.68. The zero-order valence-corrected chi connectivity index (χ0v) is 13.6. The standard InChI is InChI=1S/C18H29NO2/c1-12-6-4-8-15(19(12)3)11-10-14-7-5-9-16-17(14)13(2)21-18(16)20/h10-17H,4-9H2,1-3H3/b11-10+. The molecule has 0 radical (unpaired) electrons. The van der Waals surface area contributed by atoms with E-state index in [1.54, 1.807) is 0 Å². The molecule has 1 aliphatic carbocycles. The maximum atomic E-state index is 11.9. The Morgan fingerprint density at radius 3 is 2.67 bits per heavy atom. The molecule has 3 nitrogen and oxygen atoms in total. The lowest BCUT2D eigenvalue weighted by atomic mass is 9.71. The monoisotopic (exact) mass is 291 g/mol. The number of allylic oxidation sites excluding steroid dienone is 1. The second-order valence-electron chi connectivity index (χ2n) is 7.32. The van der Waals surface area contributed by atoms with Crippen molar-refractivity contribution < 1.29 is 9.53 Å². The summed E-state index contributed by atoms with van der Waals surface area (Å²) in [6.07, 6.45) is 12.2. The van der Waals surface area contributed by atoms with Crippen LogP contribution in [0.2, 0.25) is 0 Å². The van der Waals surface area contributed by atoms with Gasteiger partial charge in [-0.2, -0.15) is 0 Å². The van der Waals surface area contributed by atoms with Gasteiger partial charge in [-0.25, -0.2) is 0 Å². The number of cyclic esters (lactones) is 1. The zero-order valence-electron chi connectivity index (χ0n) is 13.6. The van der Waals surface area contributed by atoms with Gasteiger partial charge in [0.1, 0.15) is 6.10 Å². The van der Waals surface area contributed by atoms with E-state index in [1.807, 2.05) is 0 Å². The van der Waals surface area contributed by atoms with Crippen molar-refractivity contribution in [2.24, 2.45) is 17.8 Å². The first-order valence-corrected chi connectivity index (χ1v) is 8.68. The lowest BCUT2D eigenvalue weighted by Crippen LogP contribution is -2.41. The van der Waals surface area contributed by atoms with Gasteiger partial charge in [0.05, 0.1) is 5.92 Å². The Kier molecular flexibility index (Phi) is 4.39. The zero-order chi connectivity index (χ0) is 15.0. The number of hydrogen-bond donors (Lipinski definition) is 0. The summed E-state index contributed by atoms with van der Waals surface area (Å²) in [6.45, 7) is 4.39. The van der Waals surface area contributed by atoms with E-state index < -0.39 is 0 Å². The Bertz CT molecular complexity index is 419. The number of fused-ring (bicyclic) bond motifs is 1. The summed E-state index contributed by atoms with van der Waals surface area (Å²) in [6, 6.07) is 1.25. The molecule has 0 aromatic heterocycles. The molecule has 2 heterocycles. The molecule has 21 heavy (non-hydrogen) atoms. The molecule has 0 N–H and O–H groups in total. The number of rotatable bonds is 2. The maximum absolute atomic E-state index is 11.9. The molecule has 6 atom stereocenters. The van der Waals surface area contributed by atoms with Crippen LogP contribution in [0, 0.1) is 17.8 Å². The molecule has 2 aliphatic heterocycles. The third-order valence-corrected chi connectivity index (χ3v) is 6.08. The van der Waals surface area contributed by atoms with Gasteiger partial charge >= 0.3 is 5.97 Å². The van der Waals surface area contributed by atoms with E-state index in [0.29, 0.717) is 23.9 Å². The van der Waals surface area contributed by atoms with Gasteiger partial charge in [-0.15, -0.1) is 0 Å². The molecule has 6 unspecified atom stereocenters. The van der Waals surface area contributed by atoms with E-state index >= 15 is 0 Å². The van der Waals surface area contributed by atoms with Gasteiger partial charge in [0.15, 0.2) is 0 Å². The number of carbonyl (C=O) groups is 1. The maximum Gasteiger partial charge on any atom is 0.309 e. The summed E-state index contributed by atoms with van der Waals surface area (Å²) in [5.74, 6) is 1.14. The lowest BCUT2D eigenvalue weighted by molar-refractivity contribution is -0.143. The van der Waals surface area contributed by atoms with Crippen molar-refractivity contribution in [1.29, 1.82) is 0 Å². The Morgan fingerprint density at radius 2 is 1.86 bits per heavy atom. The summed E-state index contributed by atoms with van der Waals surface area (Å²) >= 11 is 0. The molecule has 3 rings (SSSR count). The number of likely N-dealkylation sites (tertiary alicyclic amines) is 1. The summed E-state index contributed by atoms with van der Waals surface area (Å²) in [4.78, 5) is 14.4. The first-order valence-electron chi connectivity index (χ1n) is 8.68. The van der Waals surface area contributed by atoms with Crippen LogP contribution in [-0.4, -0.2) is 36.1 Å². The summed E-state index contributed by atoms with van der Waals surface area (Å²) in [5, 5.41) is 0. The van der Waals surface area contributed by atoms with Crippen LogP contribution in [0.5, 0.6) is 0 Å². The van der Waals surface area contributed by atoms with E-state index in [2.05, 4.69) is 37.9 Å². The average molecular weight is 291 g/mol. The van der Waals surface area contributed by atoms with E-state index in [9.17, 15) is 4.79 Å². The highest BCUT2D eigenvalue weighted by atomic mass is 16.6. The fourth-order valence-corrected chi connectivity index (χ4v) is 4.64.